The van der Waals surface area contributed by atoms with E-state index in [1.54, 1.807) is 42.4 Å². The number of anilines is 1. The van der Waals surface area contributed by atoms with Crippen molar-refractivity contribution in [2.45, 2.75) is 39.8 Å². The van der Waals surface area contributed by atoms with Gasteiger partial charge in [0.2, 0.25) is 0 Å². The number of allylic oxidation sites excluding steroid dienone is 3. The lowest BCUT2D eigenvalue weighted by atomic mass is 10.0. The number of carbonyl (C=O) groups is 1. The molecule has 0 bridgehead atoms. The summed E-state index contributed by atoms with van der Waals surface area (Å²) in [6.45, 7) is 8.00. The topological polar surface area (TPSA) is 71.3 Å². The highest BCUT2D eigenvalue weighted by Gasteiger charge is 2.21. The second-order valence-corrected chi connectivity index (χ2v) is 8.59. The maximum absolute atomic E-state index is 13.1. The first-order chi connectivity index (χ1) is 15.8. The van der Waals surface area contributed by atoms with Crippen molar-refractivity contribution in [3.8, 4) is 0 Å². The zero-order valence-electron chi connectivity index (χ0n) is 19.9. The van der Waals surface area contributed by atoms with E-state index in [-0.39, 0.29) is 18.0 Å². The first-order valence-corrected chi connectivity index (χ1v) is 11.1. The van der Waals surface area contributed by atoms with Crippen molar-refractivity contribution in [3.63, 3.8) is 0 Å². The fourth-order valence-corrected chi connectivity index (χ4v) is 3.45. The van der Waals surface area contributed by atoms with Crippen LogP contribution in [0.4, 0.5) is 5.69 Å². The van der Waals surface area contributed by atoms with Crippen molar-refractivity contribution in [2.75, 3.05) is 18.7 Å². The zero-order valence-corrected chi connectivity index (χ0v) is 19.9. The summed E-state index contributed by atoms with van der Waals surface area (Å²) >= 11 is 0. The minimum absolute atomic E-state index is 0.142. The monoisotopic (exact) mass is 443 g/mol. The number of hydrogen-bond donors (Lipinski definition) is 0. The zero-order chi connectivity index (χ0) is 24.0. The largest absolute Gasteiger partial charge is 0.758 e. The van der Waals surface area contributed by atoms with Crippen molar-refractivity contribution in [1.82, 2.24) is 4.90 Å². The summed E-state index contributed by atoms with van der Waals surface area (Å²) in [5.74, 6) is -0.142. The SMILES string of the molecule is CC1=CN=C(CN(C)C(=O)c2ccc(N([O-])C(C)C)cc2)C(c2ccc(C)cc2)N=CC=C1. The van der Waals surface area contributed by atoms with Crippen LogP contribution >= 0.6 is 0 Å². The van der Waals surface area contributed by atoms with E-state index in [1.165, 1.54) is 5.56 Å². The average molecular weight is 444 g/mol. The highest BCUT2D eigenvalue weighted by molar-refractivity contribution is 6.00. The third kappa shape index (κ3) is 6.26. The highest BCUT2D eigenvalue weighted by atomic mass is 16.5. The van der Waals surface area contributed by atoms with Gasteiger partial charge in [-0.05, 0) is 69.2 Å². The third-order valence-corrected chi connectivity index (χ3v) is 5.41. The summed E-state index contributed by atoms with van der Waals surface area (Å²) in [5, 5.41) is 13.0. The Kier molecular flexibility index (Phi) is 7.96. The van der Waals surface area contributed by atoms with Crippen LogP contribution in [0.1, 0.15) is 48.3 Å². The van der Waals surface area contributed by atoms with Crippen molar-refractivity contribution in [3.05, 3.63) is 94.4 Å². The molecule has 0 saturated heterocycles. The summed E-state index contributed by atoms with van der Waals surface area (Å²) in [6, 6.07) is 14.5. The van der Waals surface area contributed by atoms with Crippen LogP contribution in [0.2, 0.25) is 0 Å². The number of aliphatic imine (C=N–C) groups is 2. The summed E-state index contributed by atoms with van der Waals surface area (Å²) < 4.78 is 0. The fraction of sp³-hybridized carbons (Fsp3) is 0.296. The molecular formula is C27H31N4O2-. The molecule has 172 valence electrons. The molecule has 0 aliphatic carbocycles. The molecule has 1 aliphatic heterocycles. The molecule has 2 aromatic rings. The molecule has 0 radical (unpaired) electrons. The number of rotatable bonds is 6. The summed E-state index contributed by atoms with van der Waals surface area (Å²) in [4.78, 5) is 24.2. The van der Waals surface area contributed by atoms with Gasteiger partial charge < -0.3 is 15.2 Å². The first-order valence-electron chi connectivity index (χ1n) is 11.1. The van der Waals surface area contributed by atoms with E-state index < -0.39 is 0 Å². The predicted octanol–water partition coefficient (Wildman–Crippen LogP) is 5.51. The minimum Gasteiger partial charge on any atom is -0.758 e. The molecule has 1 aliphatic rings. The van der Waals surface area contributed by atoms with Gasteiger partial charge in [-0.25, -0.2) is 0 Å². The number of hydroxylamine groups is 1. The van der Waals surface area contributed by atoms with Crippen LogP contribution in [0.3, 0.4) is 0 Å². The standard InChI is InChI=1S/C27H31N4O2/c1-19(2)31(33)24-14-12-23(13-15-24)27(32)30(5)18-25-26(22-10-8-20(3)9-11-22)28-16-6-7-21(4)17-29-25/h6-17,19,26H,18H2,1-5H3/q-1. The molecule has 0 fully saturated rings. The predicted molar refractivity (Wildman–Crippen MR) is 137 cm³/mol. The molecule has 1 atom stereocenters. The van der Waals surface area contributed by atoms with E-state index in [4.69, 9.17) is 9.98 Å². The smallest absolute Gasteiger partial charge is 0.253 e. The van der Waals surface area contributed by atoms with Crippen molar-refractivity contribution in [2.24, 2.45) is 9.98 Å². The van der Waals surface area contributed by atoms with Gasteiger partial charge in [0.1, 0.15) is 6.04 Å². The molecule has 6 nitrogen and oxygen atoms in total. The third-order valence-electron chi connectivity index (χ3n) is 5.41. The van der Waals surface area contributed by atoms with Gasteiger partial charge in [0.15, 0.2) is 0 Å². The lowest BCUT2D eigenvalue weighted by Gasteiger charge is -2.35. The van der Waals surface area contributed by atoms with Crippen LogP contribution in [0.5, 0.6) is 0 Å². The molecule has 0 spiro atoms. The lowest BCUT2D eigenvalue weighted by Crippen LogP contribution is -2.34. The fourth-order valence-electron chi connectivity index (χ4n) is 3.45. The van der Waals surface area contributed by atoms with Crippen LogP contribution in [0.15, 0.2) is 82.4 Å². The second-order valence-electron chi connectivity index (χ2n) is 8.59. The Morgan fingerprint density at radius 3 is 2.36 bits per heavy atom. The molecule has 6 heteroatoms. The van der Waals surface area contributed by atoms with Gasteiger partial charge in [-0.2, -0.15) is 0 Å². The first kappa shape index (κ1) is 24.1. The number of hydrogen-bond acceptors (Lipinski definition) is 5. The molecule has 1 unspecified atom stereocenters. The van der Waals surface area contributed by atoms with E-state index in [0.29, 0.717) is 17.8 Å². The molecule has 0 N–H and O–H groups in total. The Hall–Kier alpha value is -3.51. The number of carbonyl (C=O) groups excluding carboxylic acids is 1. The second kappa shape index (κ2) is 10.9. The highest BCUT2D eigenvalue weighted by Crippen LogP contribution is 2.23. The molecule has 0 saturated carbocycles. The van der Waals surface area contributed by atoms with Crippen molar-refractivity contribution < 1.29 is 4.79 Å². The Morgan fingerprint density at radius 1 is 1.06 bits per heavy atom. The normalized spacial score (nSPS) is 15.9. The van der Waals surface area contributed by atoms with E-state index >= 15 is 0 Å². The Labute approximate surface area is 196 Å². The number of aryl methyl sites for hydroxylation is 1. The molecular weight excluding hydrogens is 412 g/mol. The van der Waals surface area contributed by atoms with Gasteiger partial charge in [-0.3, -0.25) is 14.8 Å². The molecule has 33 heavy (non-hydrogen) atoms. The Morgan fingerprint density at radius 2 is 1.73 bits per heavy atom. The number of nitrogens with zero attached hydrogens (tertiary/aromatic N) is 4. The quantitative estimate of drug-likeness (QED) is 0.553. The van der Waals surface area contributed by atoms with Gasteiger partial charge in [0.25, 0.3) is 5.91 Å². The van der Waals surface area contributed by atoms with Gasteiger partial charge >= 0.3 is 0 Å². The van der Waals surface area contributed by atoms with Crippen LogP contribution in [0, 0.1) is 12.1 Å². The number of benzene rings is 2. The van der Waals surface area contributed by atoms with Crippen molar-refractivity contribution >= 4 is 23.5 Å². The Balaban J connectivity index is 1.85. The van der Waals surface area contributed by atoms with Gasteiger partial charge in [0.05, 0.1) is 12.3 Å². The van der Waals surface area contributed by atoms with E-state index in [0.717, 1.165) is 21.9 Å². The van der Waals surface area contributed by atoms with E-state index in [1.807, 2.05) is 46.0 Å². The Bertz CT molecular complexity index is 1080. The molecule has 1 amide bonds. The molecule has 2 aromatic carbocycles. The van der Waals surface area contributed by atoms with Gasteiger partial charge in [-0.15, -0.1) is 0 Å². The summed E-state index contributed by atoms with van der Waals surface area (Å²) in [5.41, 5.74) is 5.02. The average Bonchev–Trinajstić information content (AvgIpc) is 2.89. The van der Waals surface area contributed by atoms with Crippen LogP contribution in [0.25, 0.3) is 0 Å². The maximum atomic E-state index is 13.1. The van der Waals surface area contributed by atoms with E-state index in [9.17, 15) is 10.0 Å². The van der Waals surface area contributed by atoms with E-state index in [2.05, 4.69) is 24.3 Å². The van der Waals surface area contributed by atoms with Gasteiger partial charge in [-0.1, -0.05) is 35.9 Å². The lowest BCUT2D eigenvalue weighted by molar-refractivity contribution is 0.0814. The minimum atomic E-state index is -0.296. The van der Waals surface area contributed by atoms with Crippen molar-refractivity contribution in [1.29, 1.82) is 0 Å². The maximum Gasteiger partial charge on any atom is 0.253 e. The van der Waals surface area contributed by atoms with Gasteiger partial charge in [0, 0.05) is 36.8 Å². The molecule has 0 aromatic heterocycles. The number of amides is 1. The molecule has 1 heterocycles. The van der Waals surface area contributed by atoms with Crippen LogP contribution in [-0.4, -0.2) is 42.4 Å². The van der Waals surface area contributed by atoms with Crippen LogP contribution < -0.4 is 5.06 Å². The summed E-state index contributed by atoms with van der Waals surface area (Å²) in [7, 11) is 1.75. The molecule has 3 rings (SSSR count). The van der Waals surface area contributed by atoms with Crippen LogP contribution in [-0.2, 0) is 0 Å². The summed E-state index contributed by atoms with van der Waals surface area (Å²) in [6.07, 6.45) is 7.45.